The number of rotatable bonds is 6. The molecule has 3 heteroatoms. The molecule has 3 nitrogen and oxygen atoms in total. The fraction of sp³-hybridized carbons (Fsp3) is 0.267. The Morgan fingerprint density at radius 2 is 1.83 bits per heavy atom. The van der Waals surface area contributed by atoms with Crippen LogP contribution in [0.3, 0.4) is 0 Å². The molecule has 0 aliphatic heterocycles. The lowest BCUT2D eigenvalue weighted by Gasteiger charge is -2.07. The van der Waals surface area contributed by atoms with Crippen LogP contribution in [0.4, 0.5) is 0 Å². The molecule has 0 heterocycles. The summed E-state index contributed by atoms with van der Waals surface area (Å²) in [5, 5.41) is 2.12. The first kappa shape index (κ1) is 12.6. The molecule has 0 aliphatic carbocycles. The molecule has 18 heavy (non-hydrogen) atoms. The van der Waals surface area contributed by atoms with E-state index in [-0.39, 0.29) is 0 Å². The van der Waals surface area contributed by atoms with Crippen molar-refractivity contribution in [2.24, 2.45) is 0 Å². The largest absolute Gasteiger partial charge is 0.493 e. The van der Waals surface area contributed by atoms with E-state index in [9.17, 15) is 4.79 Å². The summed E-state index contributed by atoms with van der Waals surface area (Å²) in [5.74, 6) is 0.845. The van der Waals surface area contributed by atoms with Crippen molar-refractivity contribution in [3.8, 4) is 5.75 Å². The molecular weight excluding hydrogens is 228 g/mol. The first-order chi connectivity index (χ1) is 8.83. The Morgan fingerprint density at radius 1 is 1.06 bits per heavy atom. The molecule has 0 bridgehead atoms. The fourth-order valence-corrected chi connectivity index (χ4v) is 1.80. The molecule has 0 radical (unpaired) electrons. The number of carbonyl (C=O) groups is 1. The van der Waals surface area contributed by atoms with E-state index in [0.717, 1.165) is 29.2 Å². The van der Waals surface area contributed by atoms with Crippen molar-refractivity contribution in [2.75, 3.05) is 20.3 Å². The molecule has 0 aliphatic rings. The second kappa shape index (κ2) is 6.17. The number of benzene rings is 2. The van der Waals surface area contributed by atoms with E-state index in [1.807, 2.05) is 36.4 Å². The Morgan fingerprint density at radius 3 is 2.61 bits per heavy atom. The molecule has 2 aromatic rings. The lowest BCUT2D eigenvalue weighted by molar-refractivity contribution is 0.112. The van der Waals surface area contributed by atoms with Gasteiger partial charge in [-0.1, -0.05) is 18.2 Å². The molecule has 0 spiro atoms. The Bertz CT molecular complexity index is 534. The maximum absolute atomic E-state index is 10.7. The lowest BCUT2D eigenvalue weighted by Crippen LogP contribution is -2.01. The zero-order chi connectivity index (χ0) is 12.8. The molecule has 94 valence electrons. The van der Waals surface area contributed by atoms with E-state index in [2.05, 4.69) is 0 Å². The maximum Gasteiger partial charge on any atom is 0.150 e. The van der Waals surface area contributed by atoms with Crippen LogP contribution in [0.25, 0.3) is 10.8 Å². The van der Waals surface area contributed by atoms with E-state index in [0.29, 0.717) is 18.8 Å². The third kappa shape index (κ3) is 3.08. The summed E-state index contributed by atoms with van der Waals surface area (Å²) >= 11 is 0. The van der Waals surface area contributed by atoms with Gasteiger partial charge in [0.25, 0.3) is 0 Å². The van der Waals surface area contributed by atoms with Crippen molar-refractivity contribution < 1.29 is 14.3 Å². The van der Waals surface area contributed by atoms with Crippen LogP contribution in [-0.2, 0) is 4.74 Å². The smallest absolute Gasteiger partial charge is 0.150 e. The number of hydrogen-bond donors (Lipinski definition) is 0. The number of fused-ring (bicyclic) bond motifs is 1. The minimum absolute atomic E-state index is 0.645. The zero-order valence-electron chi connectivity index (χ0n) is 10.4. The van der Waals surface area contributed by atoms with Gasteiger partial charge in [0.1, 0.15) is 12.0 Å². The van der Waals surface area contributed by atoms with Gasteiger partial charge in [-0.2, -0.15) is 0 Å². The highest BCUT2D eigenvalue weighted by Gasteiger charge is 1.99. The van der Waals surface area contributed by atoms with Crippen molar-refractivity contribution in [1.82, 2.24) is 0 Å². The average molecular weight is 244 g/mol. The first-order valence-electron chi connectivity index (χ1n) is 5.94. The van der Waals surface area contributed by atoms with Crippen LogP contribution in [0, 0.1) is 0 Å². The molecule has 2 aromatic carbocycles. The van der Waals surface area contributed by atoms with Crippen LogP contribution in [0.1, 0.15) is 16.8 Å². The summed E-state index contributed by atoms with van der Waals surface area (Å²) in [6.45, 7) is 1.35. The van der Waals surface area contributed by atoms with E-state index < -0.39 is 0 Å². The highest BCUT2D eigenvalue weighted by Crippen LogP contribution is 2.21. The minimum atomic E-state index is 0.645. The number of carbonyl (C=O) groups excluding carboxylic acids is 1. The minimum Gasteiger partial charge on any atom is -0.493 e. The van der Waals surface area contributed by atoms with Crippen molar-refractivity contribution >= 4 is 17.1 Å². The van der Waals surface area contributed by atoms with Crippen LogP contribution in [0.2, 0.25) is 0 Å². The molecule has 0 aromatic heterocycles. The number of methoxy groups -OCH3 is 1. The molecule has 2 rings (SSSR count). The summed E-state index contributed by atoms with van der Waals surface area (Å²) < 4.78 is 10.6. The third-order valence-electron chi connectivity index (χ3n) is 2.73. The molecule has 0 atom stereocenters. The van der Waals surface area contributed by atoms with Gasteiger partial charge in [0, 0.05) is 25.7 Å². The van der Waals surface area contributed by atoms with Crippen molar-refractivity contribution in [3.63, 3.8) is 0 Å². The molecule has 0 fully saturated rings. The summed E-state index contributed by atoms with van der Waals surface area (Å²) in [7, 11) is 1.68. The van der Waals surface area contributed by atoms with Gasteiger partial charge >= 0.3 is 0 Å². The quantitative estimate of drug-likeness (QED) is 0.578. The van der Waals surface area contributed by atoms with Gasteiger partial charge in [-0.15, -0.1) is 0 Å². The second-order valence-electron chi connectivity index (χ2n) is 4.08. The number of hydrogen-bond acceptors (Lipinski definition) is 3. The monoisotopic (exact) mass is 244 g/mol. The summed E-state index contributed by atoms with van der Waals surface area (Å²) in [6.07, 6.45) is 1.73. The van der Waals surface area contributed by atoms with Gasteiger partial charge in [-0.3, -0.25) is 4.79 Å². The van der Waals surface area contributed by atoms with Gasteiger partial charge in [-0.05, 0) is 29.0 Å². The van der Waals surface area contributed by atoms with Crippen LogP contribution >= 0.6 is 0 Å². The van der Waals surface area contributed by atoms with Crippen molar-refractivity contribution in [2.45, 2.75) is 6.42 Å². The SMILES string of the molecule is COCCCOc1ccc2cc(C=O)ccc2c1. The van der Waals surface area contributed by atoms with Gasteiger partial charge in [0.05, 0.1) is 6.61 Å². The molecule has 0 N–H and O–H groups in total. The molecule has 0 saturated carbocycles. The third-order valence-corrected chi connectivity index (χ3v) is 2.73. The Labute approximate surface area is 106 Å². The van der Waals surface area contributed by atoms with Crippen LogP contribution in [0.5, 0.6) is 5.75 Å². The highest BCUT2D eigenvalue weighted by molar-refractivity contribution is 5.89. The van der Waals surface area contributed by atoms with Crippen LogP contribution in [-0.4, -0.2) is 26.6 Å². The molecule has 0 unspecified atom stereocenters. The van der Waals surface area contributed by atoms with E-state index in [4.69, 9.17) is 9.47 Å². The maximum atomic E-state index is 10.7. The second-order valence-corrected chi connectivity index (χ2v) is 4.08. The zero-order valence-corrected chi connectivity index (χ0v) is 10.4. The predicted octanol–water partition coefficient (Wildman–Crippen LogP) is 3.07. The van der Waals surface area contributed by atoms with Gasteiger partial charge in [0.15, 0.2) is 0 Å². The van der Waals surface area contributed by atoms with Crippen LogP contribution in [0.15, 0.2) is 36.4 Å². The van der Waals surface area contributed by atoms with Gasteiger partial charge in [-0.25, -0.2) is 0 Å². The lowest BCUT2D eigenvalue weighted by atomic mass is 10.1. The van der Waals surface area contributed by atoms with Crippen molar-refractivity contribution in [3.05, 3.63) is 42.0 Å². The van der Waals surface area contributed by atoms with Crippen LogP contribution < -0.4 is 4.74 Å². The standard InChI is InChI=1S/C15H16O3/c1-17-7-2-8-18-15-6-5-13-9-12(11-16)3-4-14(13)10-15/h3-6,9-11H,2,7-8H2,1H3. The molecule has 0 amide bonds. The Kier molecular flexibility index (Phi) is 4.31. The molecular formula is C15H16O3. The van der Waals surface area contributed by atoms with E-state index >= 15 is 0 Å². The van der Waals surface area contributed by atoms with Gasteiger partial charge in [0.2, 0.25) is 0 Å². The summed E-state index contributed by atoms with van der Waals surface area (Å²) in [5.41, 5.74) is 0.691. The summed E-state index contributed by atoms with van der Waals surface area (Å²) in [4.78, 5) is 10.7. The summed E-state index contributed by atoms with van der Waals surface area (Å²) in [6, 6.07) is 11.5. The Hall–Kier alpha value is -1.87. The predicted molar refractivity (Wildman–Crippen MR) is 71.3 cm³/mol. The number of aldehydes is 1. The highest BCUT2D eigenvalue weighted by atomic mass is 16.5. The van der Waals surface area contributed by atoms with Crippen molar-refractivity contribution in [1.29, 1.82) is 0 Å². The average Bonchev–Trinajstić information content (AvgIpc) is 2.43. The Balaban J connectivity index is 2.10. The van der Waals surface area contributed by atoms with E-state index in [1.54, 1.807) is 7.11 Å². The topological polar surface area (TPSA) is 35.5 Å². The molecule has 0 saturated heterocycles. The normalized spacial score (nSPS) is 10.5. The van der Waals surface area contributed by atoms with Gasteiger partial charge < -0.3 is 9.47 Å². The fourth-order valence-electron chi connectivity index (χ4n) is 1.80. The van der Waals surface area contributed by atoms with E-state index in [1.165, 1.54) is 0 Å². The number of ether oxygens (including phenoxy) is 2. The first-order valence-corrected chi connectivity index (χ1v) is 5.94.